The molecule has 0 amide bonds. The van der Waals surface area contributed by atoms with Crippen molar-refractivity contribution < 1.29 is 23.5 Å². The second kappa shape index (κ2) is 5.25. The minimum Gasteiger partial charge on any atom is -0.494 e. The third kappa shape index (κ3) is 2.56. The molecule has 5 heteroatoms. The van der Waals surface area contributed by atoms with Crippen LogP contribution in [0.4, 0.5) is 4.39 Å². The molecule has 0 bridgehead atoms. The number of hydrogen-bond acceptors (Lipinski definition) is 4. The molecule has 1 rings (SSSR count). The Hall–Kier alpha value is -1.91. The van der Waals surface area contributed by atoms with Crippen LogP contribution in [-0.2, 0) is 9.53 Å². The predicted octanol–water partition coefficient (Wildman–Crippen LogP) is 1.58. The average Bonchev–Trinajstić information content (AvgIpc) is 2.29. The van der Waals surface area contributed by atoms with Crippen molar-refractivity contribution in [3.63, 3.8) is 0 Å². The van der Waals surface area contributed by atoms with Gasteiger partial charge < -0.3 is 9.47 Å². The van der Waals surface area contributed by atoms with Gasteiger partial charge in [-0.1, -0.05) is 6.07 Å². The summed E-state index contributed by atoms with van der Waals surface area (Å²) in [5.41, 5.74) is -0.176. The SMILES string of the molecule is COC(=O)CC(=O)c1cccc(OC)c1F. The number of hydrogen-bond donors (Lipinski definition) is 0. The first-order valence-electron chi connectivity index (χ1n) is 4.52. The molecule has 0 saturated carbocycles. The van der Waals surface area contributed by atoms with E-state index >= 15 is 0 Å². The van der Waals surface area contributed by atoms with E-state index in [9.17, 15) is 14.0 Å². The molecule has 0 fully saturated rings. The third-order valence-electron chi connectivity index (χ3n) is 2.02. The molecule has 16 heavy (non-hydrogen) atoms. The van der Waals surface area contributed by atoms with E-state index in [1.807, 2.05) is 0 Å². The Morgan fingerprint density at radius 3 is 2.56 bits per heavy atom. The summed E-state index contributed by atoms with van der Waals surface area (Å²) >= 11 is 0. The molecule has 0 aliphatic heterocycles. The van der Waals surface area contributed by atoms with Gasteiger partial charge in [0.2, 0.25) is 0 Å². The van der Waals surface area contributed by atoms with Crippen molar-refractivity contribution in [1.29, 1.82) is 0 Å². The van der Waals surface area contributed by atoms with E-state index in [0.717, 1.165) is 7.11 Å². The van der Waals surface area contributed by atoms with Gasteiger partial charge in [-0.15, -0.1) is 0 Å². The van der Waals surface area contributed by atoms with E-state index in [-0.39, 0.29) is 11.3 Å². The largest absolute Gasteiger partial charge is 0.494 e. The maximum Gasteiger partial charge on any atom is 0.313 e. The van der Waals surface area contributed by atoms with Gasteiger partial charge in [0.05, 0.1) is 19.8 Å². The fourth-order valence-corrected chi connectivity index (χ4v) is 1.18. The summed E-state index contributed by atoms with van der Waals surface area (Å²) in [5, 5.41) is 0. The van der Waals surface area contributed by atoms with Crippen LogP contribution in [0.3, 0.4) is 0 Å². The molecular weight excluding hydrogens is 215 g/mol. The van der Waals surface area contributed by atoms with Crippen molar-refractivity contribution in [2.75, 3.05) is 14.2 Å². The lowest BCUT2D eigenvalue weighted by atomic mass is 10.1. The highest BCUT2D eigenvalue weighted by molar-refractivity contribution is 6.06. The lowest BCUT2D eigenvalue weighted by Crippen LogP contribution is -2.11. The van der Waals surface area contributed by atoms with Crippen LogP contribution in [0.2, 0.25) is 0 Å². The number of esters is 1. The van der Waals surface area contributed by atoms with Crippen molar-refractivity contribution in [3.8, 4) is 5.75 Å². The zero-order valence-corrected chi connectivity index (χ0v) is 8.95. The molecule has 4 nitrogen and oxygen atoms in total. The minimum absolute atomic E-state index is 0.0317. The van der Waals surface area contributed by atoms with E-state index in [1.54, 1.807) is 0 Å². The fraction of sp³-hybridized carbons (Fsp3) is 0.273. The quantitative estimate of drug-likeness (QED) is 0.444. The molecule has 0 saturated heterocycles. The van der Waals surface area contributed by atoms with Crippen LogP contribution < -0.4 is 4.74 Å². The molecule has 86 valence electrons. The van der Waals surface area contributed by atoms with E-state index < -0.39 is 24.0 Å². The summed E-state index contributed by atoms with van der Waals surface area (Å²) in [5.74, 6) is -2.13. The van der Waals surface area contributed by atoms with Gasteiger partial charge in [-0.25, -0.2) is 4.39 Å². The van der Waals surface area contributed by atoms with Gasteiger partial charge in [0, 0.05) is 0 Å². The number of rotatable bonds is 4. The first-order valence-corrected chi connectivity index (χ1v) is 4.52. The van der Waals surface area contributed by atoms with E-state index in [0.29, 0.717) is 0 Å². The Kier molecular flexibility index (Phi) is 3.99. The molecule has 0 heterocycles. The molecule has 0 spiro atoms. The highest BCUT2D eigenvalue weighted by atomic mass is 19.1. The second-order valence-electron chi connectivity index (χ2n) is 3.00. The molecule has 0 aliphatic rings. The number of benzene rings is 1. The molecule has 1 aromatic carbocycles. The van der Waals surface area contributed by atoms with Crippen LogP contribution >= 0.6 is 0 Å². The lowest BCUT2D eigenvalue weighted by Gasteiger charge is -2.05. The van der Waals surface area contributed by atoms with Crippen LogP contribution in [0.1, 0.15) is 16.8 Å². The summed E-state index contributed by atoms with van der Waals surface area (Å²) in [4.78, 5) is 22.4. The standard InChI is InChI=1S/C11H11FO4/c1-15-9-5-3-4-7(11(9)12)8(13)6-10(14)16-2/h3-5H,6H2,1-2H3. The Bertz CT molecular complexity index is 414. The first-order chi connectivity index (χ1) is 7.60. The van der Waals surface area contributed by atoms with Crippen LogP contribution in [0, 0.1) is 5.82 Å². The van der Waals surface area contributed by atoms with Gasteiger partial charge in [-0.3, -0.25) is 9.59 Å². The number of methoxy groups -OCH3 is 2. The van der Waals surface area contributed by atoms with Gasteiger partial charge in [-0.05, 0) is 12.1 Å². The number of halogens is 1. The Labute approximate surface area is 92.0 Å². The van der Waals surface area contributed by atoms with Crippen molar-refractivity contribution in [2.45, 2.75) is 6.42 Å². The van der Waals surface area contributed by atoms with Gasteiger partial charge in [0.25, 0.3) is 0 Å². The number of ether oxygens (including phenoxy) is 2. The normalized spacial score (nSPS) is 9.69. The third-order valence-corrected chi connectivity index (χ3v) is 2.02. The Morgan fingerprint density at radius 2 is 2.00 bits per heavy atom. The maximum absolute atomic E-state index is 13.6. The molecule has 0 aromatic heterocycles. The number of Topliss-reactive ketones (excluding diaryl/α,β-unsaturated/α-hetero) is 1. The molecule has 0 radical (unpaired) electrons. The molecule has 0 N–H and O–H groups in total. The van der Waals surface area contributed by atoms with Crippen LogP contribution in [0.15, 0.2) is 18.2 Å². The van der Waals surface area contributed by atoms with E-state index in [4.69, 9.17) is 4.74 Å². The molecular formula is C11H11FO4. The molecule has 0 aliphatic carbocycles. The maximum atomic E-state index is 13.6. The van der Waals surface area contributed by atoms with Crippen molar-refractivity contribution in [3.05, 3.63) is 29.6 Å². The monoisotopic (exact) mass is 226 g/mol. The summed E-state index contributed by atoms with van der Waals surface area (Å²) in [6.07, 6.45) is -0.486. The molecule has 0 atom stereocenters. The lowest BCUT2D eigenvalue weighted by molar-refractivity contribution is -0.139. The van der Waals surface area contributed by atoms with Crippen molar-refractivity contribution in [1.82, 2.24) is 0 Å². The van der Waals surface area contributed by atoms with Crippen LogP contribution in [-0.4, -0.2) is 26.0 Å². The van der Waals surface area contributed by atoms with Crippen molar-refractivity contribution in [2.24, 2.45) is 0 Å². The highest BCUT2D eigenvalue weighted by Crippen LogP contribution is 2.21. The first kappa shape index (κ1) is 12.2. The summed E-state index contributed by atoms with van der Waals surface area (Å²) in [7, 11) is 2.46. The molecule has 0 unspecified atom stereocenters. The van der Waals surface area contributed by atoms with Gasteiger partial charge in [0.15, 0.2) is 17.3 Å². The number of ketones is 1. The topological polar surface area (TPSA) is 52.6 Å². The number of carbonyl (C=O) groups is 2. The molecule has 1 aromatic rings. The smallest absolute Gasteiger partial charge is 0.313 e. The summed E-state index contributed by atoms with van der Waals surface area (Å²) in [6, 6.07) is 4.17. The Balaban J connectivity index is 2.96. The average molecular weight is 226 g/mol. The van der Waals surface area contributed by atoms with Crippen molar-refractivity contribution >= 4 is 11.8 Å². The van der Waals surface area contributed by atoms with Crippen LogP contribution in [0.5, 0.6) is 5.75 Å². The minimum atomic E-state index is -0.765. The summed E-state index contributed by atoms with van der Waals surface area (Å²) in [6.45, 7) is 0. The zero-order valence-electron chi connectivity index (χ0n) is 8.95. The van der Waals surface area contributed by atoms with Gasteiger partial charge in [0.1, 0.15) is 6.42 Å². The van der Waals surface area contributed by atoms with E-state index in [1.165, 1.54) is 25.3 Å². The van der Waals surface area contributed by atoms with Gasteiger partial charge >= 0.3 is 5.97 Å². The summed E-state index contributed by atoms with van der Waals surface area (Å²) < 4.78 is 22.6. The zero-order chi connectivity index (χ0) is 12.1. The predicted molar refractivity (Wildman–Crippen MR) is 53.9 cm³/mol. The van der Waals surface area contributed by atoms with Crippen LogP contribution in [0.25, 0.3) is 0 Å². The number of carbonyl (C=O) groups excluding carboxylic acids is 2. The van der Waals surface area contributed by atoms with E-state index in [2.05, 4.69) is 4.74 Å². The Morgan fingerprint density at radius 1 is 1.31 bits per heavy atom. The highest BCUT2D eigenvalue weighted by Gasteiger charge is 2.18. The fourth-order valence-electron chi connectivity index (χ4n) is 1.18. The second-order valence-corrected chi connectivity index (χ2v) is 3.00. The van der Waals surface area contributed by atoms with Gasteiger partial charge in [-0.2, -0.15) is 0 Å².